The van der Waals surface area contributed by atoms with Crippen molar-refractivity contribution in [3.05, 3.63) is 56.1 Å². The SMILES string of the molecule is O=c1c2cc(Br)ccc2sc2cccc(Cl)c12. The van der Waals surface area contributed by atoms with E-state index in [-0.39, 0.29) is 5.43 Å². The first-order chi connectivity index (χ1) is 8.16. The van der Waals surface area contributed by atoms with E-state index in [1.807, 2.05) is 30.3 Å². The molecule has 0 spiro atoms. The predicted molar refractivity (Wildman–Crippen MR) is 78.3 cm³/mol. The molecular formula is C13H6BrClOS. The fraction of sp³-hybridized carbons (Fsp3) is 0. The van der Waals surface area contributed by atoms with Gasteiger partial charge in [0.25, 0.3) is 0 Å². The van der Waals surface area contributed by atoms with Crippen LogP contribution in [0, 0.1) is 0 Å². The Kier molecular flexibility index (Phi) is 2.69. The first kappa shape index (κ1) is 11.2. The Morgan fingerprint density at radius 3 is 2.76 bits per heavy atom. The average molecular weight is 326 g/mol. The lowest BCUT2D eigenvalue weighted by molar-refractivity contribution is 1.71. The highest BCUT2D eigenvalue weighted by molar-refractivity contribution is 9.10. The number of hydrogen-bond donors (Lipinski definition) is 0. The van der Waals surface area contributed by atoms with Gasteiger partial charge in [-0.15, -0.1) is 11.3 Å². The Balaban J connectivity index is 2.63. The van der Waals surface area contributed by atoms with Gasteiger partial charge < -0.3 is 0 Å². The van der Waals surface area contributed by atoms with Crippen molar-refractivity contribution in [2.75, 3.05) is 0 Å². The van der Waals surface area contributed by atoms with Gasteiger partial charge in [0.15, 0.2) is 5.43 Å². The molecule has 3 aromatic rings. The summed E-state index contributed by atoms with van der Waals surface area (Å²) >= 11 is 11.1. The first-order valence-electron chi connectivity index (χ1n) is 4.97. The molecule has 0 aliphatic heterocycles. The van der Waals surface area contributed by atoms with Crippen LogP contribution in [0.25, 0.3) is 20.2 Å². The van der Waals surface area contributed by atoms with Crippen molar-refractivity contribution in [1.82, 2.24) is 0 Å². The molecule has 1 aromatic heterocycles. The van der Waals surface area contributed by atoms with Crippen molar-refractivity contribution in [1.29, 1.82) is 0 Å². The molecular weight excluding hydrogens is 320 g/mol. The Bertz CT molecular complexity index is 794. The highest BCUT2D eigenvalue weighted by atomic mass is 79.9. The number of hydrogen-bond acceptors (Lipinski definition) is 2. The van der Waals surface area contributed by atoms with Gasteiger partial charge in [-0.3, -0.25) is 4.79 Å². The van der Waals surface area contributed by atoms with Crippen molar-refractivity contribution in [3.63, 3.8) is 0 Å². The zero-order valence-corrected chi connectivity index (χ0v) is 11.7. The molecule has 2 aromatic carbocycles. The van der Waals surface area contributed by atoms with E-state index in [4.69, 9.17) is 11.6 Å². The molecule has 84 valence electrons. The van der Waals surface area contributed by atoms with Crippen molar-refractivity contribution < 1.29 is 0 Å². The molecule has 1 heterocycles. The standard InChI is InChI=1S/C13H6BrClOS/c14-7-4-5-10-8(6-7)13(16)12-9(15)2-1-3-11(12)17-10/h1-6H. The van der Waals surface area contributed by atoms with E-state index in [0.717, 1.165) is 13.9 Å². The molecule has 0 amide bonds. The molecule has 0 saturated carbocycles. The number of halogens is 2. The average Bonchev–Trinajstić information content (AvgIpc) is 2.30. The summed E-state index contributed by atoms with van der Waals surface area (Å²) in [7, 11) is 0. The van der Waals surface area contributed by atoms with Crippen LogP contribution in [0.5, 0.6) is 0 Å². The third-order valence-electron chi connectivity index (χ3n) is 2.61. The van der Waals surface area contributed by atoms with Crippen molar-refractivity contribution in [2.24, 2.45) is 0 Å². The van der Waals surface area contributed by atoms with Gasteiger partial charge in [-0.05, 0) is 30.3 Å². The van der Waals surface area contributed by atoms with Crippen LogP contribution in [0.15, 0.2) is 45.7 Å². The molecule has 0 radical (unpaired) electrons. The van der Waals surface area contributed by atoms with Crippen LogP contribution in [0.1, 0.15) is 0 Å². The molecule has 0 bridgehead atoms. The highest BCUT2D eigenvalue weighted by Gasteiger charge is 2.08. The summed E-state index contributed by atoms with van der Waals surface area (Å²) in [5.74, 6) is 0. The van der Waals surface area contributed by atoms with Crippen molar-refractivity contribution >= 4 is 59.0 Å². The molecule has 0 unspecified atom stereocenters. The summed E-state index contributed by atoms with van der Waals surface area (Å²) < 4.78 is 2.81. The van der Waals surface area contributed by atoms with Gasteiger partial charge in [-0.2, -0.15) is 0 Å². The van der Waals surface area contributed by atoms with Gasteiger partial charge in [0.1, 0.15) is 0 Å². The number of benzene rings is 2. The second kappa shape index (κ2) is 4.09. The molecule has 0 N–H and O–H groups in total. The molecule has 0 aliphatic rings. The smallest absolute Gasteiger partial charge is 0.197 e. The Morgan fingerprint density at radius 2 is 1.94 bits per heavy atom. The quantitative estimate of drug-likeness (QED) is 0.541. The fourth-order valence-electron chi connectivity index (χ4n) is 1.83. The van der Waals surface area contributed by atoms with Crippen LogP contribution in [0.4, 0.5) is 0 Å². The largest absolute Gasteiger partial charge is 0.288 e. The van der Waals surface area contributed by atoms with E-state index >= 15 is 0 Å². The molecule has 0 saturated heterocycles. The monoisotopic (exact) mass is 324 g/mol. The Morgan fingerprint density at radius 1 is 1.12 bits per heavy atom. The van der Waals surface area contributed by atoms with E-state index in [2.05, 4.69) is 15.9 Å². The minimum absolute atomic E-state index is 0.000602. The minimum Gasteiger partial charge on any atom is -0.288 e. The summed E-state index contributed by atoms with van der Waals surface area (Å²) in [6.07, 6.45) is 0. The molecule has 17 heavy (non-hydrogen) atoms. The fourth-order valence-corrected chi connectivity index (χ4v) is 3.59. The molecule has 4 heteroatoms. The summed E-state index contributed by atoms with van der Waals surface area (Å²) in [6, 6.07) is 11.3. The van der Waals surface area contributed by atoms with Crippen LogP contribution in [0.3, 0.4) is 0 Å². The van der Waals surface area contributed by atoms with E-state index in [0.29, 0.717) is 15.8 Å². The highest BCUT2D eigenvalue weighted by Crippen LogP contribution is 2.29. The zero-order valence-electron chi connectivity index (χ0n) is 8.54. The summed E-state index contributed by atoms with van der Waals surface area (Å²) in [6.45, 7) is 0. The van der Waals surface area contributed by atoms with Gasteiger partial charge in [0.2, 0.25) is 0 Å². The summed E-state index contributed by atoms with van der Waals surface area (Å²) in [5, 5.41) is 1.85. The number of fused-ring (bicyclic) bond motifs is 2. The second-order valence-corrected chi connectivity index (χ2v) is 6.09. The Hall–Kier alpha value is -0.900. The molecule has 0 atom stereocenters. The maximum atomic E-state index is 12.4. The summed E-state index contributed by atoms with van der Waals surface area (Å²) in [4.78, 5) is 12.4. The summed E-state index contributed by atoms with van der Waals surface area (Å²) in [5.41, 5.74) is 0.000602. The lowest BCUT2D eigenvalue weighted by Gasteiger charge is -2.02. The molecule has 1 nitrogen and oxygen atoms in total. The normalized spacial score (nSPS) is 11.2. The van der Waals surface area contributed by atoms with Crippen molar-refractivity contribution in [2.45, 2.75) is 0 Å². The first-order valence-corrected chi connectivity index (χ1v) is 6.96. The van der Waals surface area contributed by atoms with Crippen LogP contribution >= 0.6 is 38.9 Å². The lowest BCUT2D eigenvalue weighted by Crippen LogP contribution is -2.01. The lowest BCUT2D eigenvalue weighted by atomic mass is 10.2. The van der Waals surface area contributed by atoms with Gasteiger partial charge in [0, 0.05) is 19.3 Å². The molecule has 3 rings (SSSR count). The van der Waals surface area contributed by atoms with Gasteiger partial charge in [-0.1, -0.05) is 33.6 Å². The second-order valence-electron chi connectivity index (χ2n) is 3.68. The van der Waals surface area contributed by atoms with Crippen molar-refractivity contribution in [3.8, 4) is 0 Å². The topological polar surface area (TPSA) is 17.1 Å². The molecule has 0 aliphatic carbocycles. The van der Waals surface area contributed by atoms with Gasteiger partial charge in [-0.25, -0.2) is 0 Å². The Labute approximate surface area is 115 Å². The third kappa shape index (κ3) is 1.79. The minimum atomic E-state index is 0.000602. The van der Waals surface area contributed by atoms with Crippen LogP contribution in [-0.4, -0.2) is 0 Å². The van der Waals surface area contributed by atoms with Gasteiger partial charge in [0.05, 0.1) is 10.4 Å². The number of rotatable bonds is 0. The third-order valence-corrected chi connectivity index (χ3v) is 4.55. The van der Waals surface area contributed by atoms with E-state index in [1.54, 1.807) is 17.4 Å². The maximum Gasteiger partial charge on any atom is 0.197 e. The van der Waals surface area contributed by atoms with E-state index in [1.165, 1.54) is 0 Å². The van der Waals surface area contributed by atoms with Gasteiger partial charge >= 0.3 is 0 Å². The zero-order chi connectivity index (χ0) is 12.0. The molecule has 0 fully saturated rings. The van der Waals surface area contributed by atoms with E-state index in [9.17, 15) is 4.79 Å². The predicted octanol–water partition coefficient (Wildman–Crippen LogP) is 4.83. The van der Waals surface area contributed by atoms with Crippen LogP contribution < -0.4 is 5.43 Å². The van der Waals surface area contributed by atoms with E-state index < -0.39 is 0 Å². The maximum absolute atomic E-state index is 12.4. The van der Waals surface area contributed by atoms with Crippen LogP contribution in [-0.2, 0) is 0 Å². The van der Waals surface area contributed by atoms with Crippen LogP contribution in [0.2, 0.25) is 5.02 Å².